The molecule has 0 saturated heterocycles. The van der Waals surface area contributed by atoms with Crippen LogP contribution in [0.1, 0.15) is 11.1 Å². The minimum atomic E-state index is 0.266. The van der Waals surface area contributed by atoms with Gasteiger partial charge in [-0.15, -0.1) is 0 Å². The van der Waals surface area contributed by atoms with Gasteiger partial charge in [0.25, 0.3) is 0 Å². The normalized spacial score (nSPS) is 9.84. The Balaban J connectivity index is 1.96. The van der Waals surface area contributed by atoms with Crippen LogP contribution in [0.4, 0.5) is 11.4 Å². The van der Waals surface area contributed by atoms with E-state index in [1.807, 2.05) is 12.1 Å². The van der Waals surface area contributed by atoms with E-state index in [2.05, 4.69) is 11.4 Å². The Morgan fingerprint density at radius 3 is 2.58 bits per heavy atom. The number of nitrogens with zero attached hydrogens (tertiary/aromatic N) is 1. The lowest BCUT2D eigenvalue weighted by Gasteiger charge is -2.09. The quantitative estimate of drug-likeness (QED) is 0.731. The number of phenols is 1. The molecule has 4 heteroatoms. The van der Waals surface area contributed by atoms with Gasteiger partial charge in [-0.1, -0.05) is 12.1 Å². The van der Waals surface area contributed by atoms with E-state index < -0.39 is 0 Å². The van der Waals surface area contributed by atoms with E-state index in [1.54, 1.807) is 30.3 Å². The van der Waals surface area contributed by atoms with Crippen molar-refractivity contribution in [2.24, 2.45) is 0 Å². The number of anilines is 2. The summed E-state index contributed by atoms with van der Waals surface area (Å²) in [5, 5.41) is 21.2. The molecule has 0 aliphatic carbocycles. The number of nitrogens with one attached hydrogen (secondary N) is 1. The van der Waals surface area contributed by atoms with Crippen LogP contribution in [-0.2, 0) is 6.42 Å². The van der Waals surface area contributed by atoms with Crippen molar-refractivity contribution in [3.63, 3.8) is 0 Å². The van der Waals surface area contributed by atoms with Crippen molar-refractivity contribution >= 4 is 11.4 Å². The lowest BCUT2D eigenvalue weighted by atomic mass is 10.1. The number of nitrogen functional groups attached to an aromatic ring is 1. The molecule has 4 N–H and O–H groups in total. The molecule has 0 aliphatic heterocycles. The van der Waals surface area contributed by atoms with Crippen LogP contribution < -0.4 is 11.1 Å². The Labute approximate surface area is 112 Å². The van der Waals surface area contributed by atoms with Crippen LogP contribution in [-0.4, -0.2) is 11.7 Å². The largest absolute Gasteiger partial charge is 0.508 e. The summed E-state index contributed by atoms with van der Waals surface area (Å²) < 4.78 is 0. The first-order valence-electron chi connectivity index (χ1n) is 6.00. The lowest BCUT2D eigenvalue weighted by molar-refractivity contribution is 0.475. The van der Waals surface area contributed by atoms with Crippen molar-refractivity contribution in [3.05, 3.63) is 53.6 Å². The number of nitrogens with two attached hydrogens (primary N) is 1. The Hall–Kier alpha value is -2.67. The molecule has 0 saturated carbocycles. The van der Waals surface area contributed by atoms with Gasteiger partial charge in [-0.3, -0.25) is 0 Å². The molecule has 0 heterocycles. The summed E-state index contributed by atoms with van der Waals surface area (Å²) in [5.41, 5.74) is 8.95. The average Bonchev–Trinajstić information content (AvgIpc) is 2.43. The fraction of sp³-hybridized carbons (Fsp3) is 0.133. The minimum absolute atomic E-state index is 0.266. The second-order valence-corrected chi connectivity index (χ2v) is 4.26. The number of nitriles is 1. The van der Waals surface area contributed by atoms with E-state index in [0.717, 1.165) is 17.7 Å². The highest BCUT2D eigenvalue weighted by Crippen LogP contribution is 2.19. The van der Waals surface area contributed by atoms with Crippen LogP contribution in [0.2, 0.25) is 0 Å². The minimum Gasteiger partial charge on any atom is -0.508 e. The fourth-order valence-corrected chi connectivity index (χ4v) is 1.78. The van der Waals surface area contributed by atoms with E-state index in [1.165, 1.54) is 0 Å². The third-order valence-corrected chi connectivity index (χ3v) is 2.85. The average molecular weight is 253 g/mol. The van der Waals surface area contributed by atoms with Crippen molar-refractivity contribution in [2.45, 2.75) is 6.42 Å². The highest BCUT2D eigenvalue weighted by atomic mass is 16.3. The molecular formula is C15H15N3O. The van der Waals surface area contributed by atoms with Gasteiger partial charge in [-0.05, 0) is 42.3 Å². The molecule has 2 aromatic rings. The molecule has 0 amide bonds. The molecule has 0 radical (unpaired) electrons. The second-order valence-electron chi connectivity index (χ2n) is 4.26. The summed E-state index contributed by atoms with van der Waals surface area (Å²) in [6.45, 7) is 0.712. The molecule has 0 aromatic heterocycles. The van der Waals surface area contributed by atoms with Gasteiger partial charge >= 0.3 is 0 Å². The van der Waals surface area contributed by atoms with Crippen molar-refractivity contribution in [3.8, 4) is 11.8 Å². The zero-order valence-corrected chi connectivity index (χ0v) is 10.4. The molecular weight excluding hydrogens is 238 g/mol. The number of aromatic hydroxyl groups is 1. The summed E-state index contributed by atoms with van der Waals surface area (Å²) in [5.74, 6) is 0.266. The molecule has 0 spiro atoms. The molecule has 4 nitrogen and oxygen atoms in total. The first-order chi connectivity index (χ1) is 9.19. The molecule has 0 aliphatic rings. The predicted molar refractivity (Wildman–Crippen MR) is 75.9 cm³/mol. The van der Waals surface area contributed by atoms with Crippen LogP contribution in [0, 0.1) is 11.3 Å². The van der Waals surface area contributed by atoms with Crippen molar-refractivity contribution in [1.82, 2.24) is 0 Å². The number of hydrogen-bond donors (Lipinski definition) is 3. The highest BCUT2D eigenvalue weighted by Gasteiger charge is 2.00. The highest BCUT2D eigenvalue weighted by molar-refractivity contribution is 5.68. The number of rotatable bonds is 4. The smallest absolute Gasteiger partial charge is 0.115 e. The van der Waals surface area contributed by atoms with Crippen molar-refractivity contribution < 1.29 is 5.11 Å². The topological polar surface area (TPSA) is 82.1 Å². The predicted octanol–water partition coefficient (Wildman–Crippen LogP) is 2.50. The van der Waals surface area contributed by atoms with Gasteiger partial charge in [0.1, 0.15) is 5.75 Å². The van der Waals surface area contributed by atoms with Crippen LogP contribution >= 0.6 is 0 Å². The van der Waals surface area contributed by atoms with Gasteiger partial charge in [-0.2, -0.15) is 5.26 Å². The zero-order valence-electron chi connectivity index (χ0n) is 10.4. The Morgan fingerprint density at radius 1 is 1.16 bits per heavy atom. The number of phenolic OH excluding ortho intramolecular Hbond substituents is 1. The van der Waals surface area contributed by atoms with Crippen LogP contribution in [0.15, 0.2) is 42.5 Å². The van der Waals surface area contributed by atoms with E-state index >= 15 is 0 Å². The van der Waals surface area contributed by atoms with E-state index in [-0.39, 0.29) is 5.75 Å². The maximum absolute atomic E-state index is 9.19. The van der Waals surface area contributed by atoms with Gasteiger partial charge in [0, 0.05) is 6.54 Å². The SMILES string of the molecule is N#Cc1ccc(N)c(NCCc2ccc(O)cc2)c1. The van der Waals surface area contributed by atoms with Gasteiger partial charge < -0.3 is 16.2 Å². The summed E-state index contributed by atoms with van der Waals surface area (Å²) in [7, 11) is 0. The molecule has 0 fully saturated rings. The third kappa shape index (κ3) is 3.39. The summed E-state index contributed by atoms with van der Waals surface area (Å²) in [6, 6.07) is 14.3. The maximum atomic E-state index is 9.19. The Bertz CT molecular complexity index is 600. The standard InChI is InChI=1S/C15H15N3O/c16-10-12-3-6-14(17)15(9-12)18-8-7-11-1-4-13(19)5-2-11/h1-6,9,18-19H,7-8,17H2. The first-order valence-corrected chi connectivity index (χ1v) is 6.00. The van der Waals surface area contributed by atoms with Gasteiger partial charge in [0.15, 0.2) is 0 Å². The van der Waals surface area contributed by atoms with Crippen molar-refractivity contribution in [2.75, 3.05) is 17.6 Å². The number of hydrogen-bond acceptors (Lipinski definition) is 4. The molecule has 0 unspecified atom stereocenters. The summed E-state index contributed by atoms with van der Waals surface area (Å²) >= 11 is 0. The number of benzene rings is 2. The monoisotopic (exact) mass is 253 g/mol. The van der Waals surface area contributed by atoms with Crippen molar-refractivity contribution in [1.29, 1.82) is 5.26 Å². The molecule has 19 heavy (non-hydrogen) atoms. The lowest BCUT2D eigenvalue weighted by Crippen LogP contribution is -2.07. The maximum Gasteiger partial charge on any atom is 0.115 e. The molecule has 0 atom stereocenters. The van der Waals surface area contributed by atoms with Crippen LogP contribution in [0.25, 0.3) is 0 Å². The molecule has 0 bridgehead atoms. The Kier molecular flexibility index (Phi) is 3.89. The third-order valence-electron chi connectivity index (χ3n) is 2.85. The van der Waals surface area contributed by atoms with E-state index in [0.29, 0.717) is 17.8 Å². The van der Waals surface area contributed by atoms with Gasteiger partial charge in [0.2, 0.25) is 0 Å². The molecule has 2 rings (SSSR count). The summed E-state index contributed by atoms with van der Waals surface area (Å²) in [4.78, 5) is 0. The summed E-state index contributed by atoms with van der Waals surface area (Å²) in [6.07, 6.45) is 0.816. The van der Waals surface area contributed by atoms with Gasteiger partial charge in [-0.25, -0.2) is 0 Å². The zero-order chi connectivity index (χ0) is 13.7. The Morgan fingerprint density at radius 2 is 1.89 bits per heavy atom. The van der Waals surface area contributed by atoms with E-state index in [9.17, 15) is 5.11 Å². The second kappa shape index (κ2) is 5.78. The van der Waals surface area contributed by atoms with Gasteiger partial charge in [0.05, 0.1) is 23.0 Å². The fourth-order valence-electron chi connectivity index (χ4n) is 1.78. The van der Waals surface area contributed by atoms with Crippen LogP contribution in [0.5, 0.6) is 5.75 Å². The van der Waals surface area contributed by atoms with Crippen LogP contribution in [0.3, 0.4) is 0 Å². The molecule has 2 aromatic carbocycles. The molecule has 96 valence electrons. The first kappa shape index (κ1) is 12.8. The van der Waals surface area contributed by atoms with E-state index in [4.69, 9.17) is 11.0 Å².